The van der Waals surface area contributed by atoms with Gasteiger partial charge in [0.1, 0.15) is 12.6 Å². The summed E-state index contributed by atoms with van der Waals surface area (Å²) in [6, 6.07) is 15.5. The van der Waals surface area contributed by atoms with E-state index in [4.69, 9.17) is 4.74 Å². The van der Waals surface area contributed by atoms with E-state index in [1.165, 1.54) is 17.1 Å². The van der Waals surface area contributed by atoms with Crippen LogP contribution < -0.4 is 5.32 Å². The first kappa shape index (κ1) is 21.6. The third-order valence-electron chi connectivity index (χ3n) is 6.04. The van der Waals surface area contributed by atoms with Crippen LogP contribution in [0, 0.1) is 0 Å². The molecule has 0 radical (unpaired) electrons. The van der Waals surface area contributed by atoms with E-state index in [1.54, 1.807) is 0 Å². The molecule has 2 aliphatic rings. The van der Waals surface area contributed by atoms with Gasteiger partial charge in [-0.05, 0) is 41.5 Å². The number of carboxylic acid groups (broad SMARTS) is 1. The van der Waals surface area contributed by atoms with E-state index in [0.717, 1.165) is 35.1 Å². The van der Waals surface area contributed by atoms with Crippen molar-refractivity contribution in [1.82, 2.24) is 10.2 Å². The minimum atomic E-state index is -0.983. The first-order valence-corrected chi connectivity index (χ1v) is 10.8. The molecule has 1 aliphatic heterocycles. The lowest BCUT2D eigenvalue weighted by molar-refractivity contribution is -0.150. The van der Waals surface area contributed by atoms with Crippen molar-refractivity contribution in [2.24, 2.45) is 0 Å². The zero-order valence-corrected chi connectivity index (χ0v) is 17.7. The number of likely N-dealkylation sites (tertiary alicyclic amines) is 1. The number of aliphatic carboxylic acids is 1. The minimum absolute atomic E-state index is 0.0164. The number of ether oxygens (including phenoxy) is 1. The molecule has 166 valence electrons. The zero-order valence-electron chi connectivity index (χ0n) is 17.7. The lowest BCUT2D eigenvalue weighted by Gasteiger charge is -2.32. The smallest absolute Gasteiger partial charge is 0.407 e. The van der Waals surface area contributed by atoms with Crippen LogP contribution >= 0.6 is 0 Å². The molecular weight excluding hydrogens is 408 g/mol. The second-order valence-corrected chi connectivity index (χ2v) is 7.99. The predicted octanol–water partition coefficient (Wildman–Crippen LogP) is 3.55. The van der Waals surface area contributed by atoms with Gasteiger partial charge in [-0.25, -0.2) is 9.59 Å². The largest absolute Gasteiger partial charge is 0.480 e. The van der Waals surface area contributed by atoms with E-state index in [1.807, 2.05) is 24.3 Å². The highest BCUT2D eigenvalue weighted by Crippen LogP contribution is 2.44. The highest BCUT2D eigenvalue weighted by atomic mass is 16.5. The van der Waals surface area contributed by atoms with Crippen molar-refractivity contribution in [3.8, 4) is 11.1 Å². The maximum absolute atomic E-state index is 12.3. The quantitative estimate of drug-likeness (QED) is 0.678. The lowest BCUT2D eigenvalue weighted by atomic mass is 9.98. The molecule has 1 fully saturated rings. The molecule has 4 rings (SSSR count). The number of nitrogens with zero attached hydrogens (tertiary/aromatic N) is 1. The molecule has 0 unspecified atom stereocenters. The summed E-state index contributed by atoms with van der Waals surface area (Å²) in [5, 5.41) is 11.9. The van der Waals surface area contributed by atoms with Crippen LogP contribution in [0.3, 0.4) is 0 Å². The second kappa shape index (κ2) is 9.68. The van der Waals surface area contributed by atoms with Gasteiger partial charge in [0.25, 0.3) is 0 Å². The van der Waals surface area contributed by atoms with Gasteiger partial charge >= 0.3 is 12.1 Å². The Balaban J connectivity index is 1.28. The number of carbonyl (C=O) groups is 3. The summed E-state index contributed by atoms with van der Waals surface area (Å²) in [5.74, 6) is -1.35. The fourth-order valence-corrected chi connectivity index (χ4v) is 4.50. The number of carbonyl (C=O) groups excluding carboxylic acids is 2. The molecule has 2 aromatic carbocycles. The van der Waals surface area contributed by atoms with Crippen LogP contribution in [0.15, 0.2) is 60.7 Å². The molecule has 0 spiro atoms. The molecule has 0 aromatic heterocycles. The summed E-state index contributed by atoms with van der Waals surface area (Å²) in [6.07, 6.45) is 4.31. The van der Waals surface area contributed by atoms with Crippen molar-refractivity contribution >= 4 is 18.0 Å². The van der Waals surface area contributed by atoms with Gasteiger partial charge in [0.2, 0.25) is 5.91 Å². The Morgan fingerprint density at radius 1 is 1.03 bits per heavy atom. The molecular formula is C25H26N2O5. The number of carboxylic acids is 1. The monoisotopic (exact) mass is 434 g/mol. The molecule has 2 amide bonds. The molecule has 2 aromatic rings. The fourth-order valence-electron chi connectivity index (χ4n) is 4.50. The Bertz CT molecular complexity index is 1000. The maximum atomic E-state index is 12.3. The number of rotatable bonds is 6. The van der Waals surface area contributed by atoms with E-state index in [0.29, 0.717) is 13.0 Å². The summed E-state index contributed by atoms with van der Waals surface area (Å²) in [5.41, 5.74) is 4.61. The minimum Gasteiger partial charge on any atom is -0.480 e. The molecule has 32 heavy (non-hydrogen) atoms. The van der Waals surface area contributed by atoms with Crippen LogP contribution in [0.2, 0.25) is 0 Å². The van der Waals surface area contributed by atoms with E-state index in [2.05, 4.69) is 29.6 Å². The summed E-state index contributed by atoms with van der Waals surface area (Å²) in [7, 11) is 0. The van der Waals surface area contributed by atoms with E-state index in [-0.39, 0.29) is 25.0 Å². The van der Waals surface area contributed by atoms with Gasteiger partial charge in [-0.3, -0.25) is 4.79 Å². The third kappa shape index (κ3) is 4.51. The van der Waals surface area contributed by atoms with E-state index >= 15 is 0 Å². The number of fused-ring (bicyclic) bond motifs is 3. The van der Waals surface area contributed by atoms with Crippen molar-refractivity contribution in [2.75, 3.05) is 19.7 Å². The summed E-state index contributed by atoms with van der Waals surface area (Å²) < 4.78 is 5.45. The summed E-state index contributed by atoms with van der Waals surface area (Å²) in [4.78, 5) is 37.2. The molecule has 0 saturated carbocycles. The summed E-state index contributed by atoms with van der Waals surface area (Å²) >= 11 is 0. The number of hydrogen-bond donors (Lipinski definition) is 2. The maximum Gasteiger partial charge on any atom is 0.407 e. The van der Waals surface area contributed by atoms with Crippen LogP contribution in [0.1, 0.15) is 36.3 Å². The number of piperidine rings is 1. The zero-order chi connectivity index (χ0) is 22.5. The van der Waals surface area contributed by atoms with Crippen LogP contribution in [0.4, 0.5) is 4.79 Å². The van der Waals surface area contributed by atoms with Crippen LogP contribution in [0.5, 0.6) is 0 Å². The second-order valence-electron chi connectivity index (χ2n) is 7.99. The van der Waals surface area contributed by atoms with Gasteiger partial charge in [-0.1, -0.05) is 54.6 Å². The number of benzene rings is 2. The van der Waals surface area contributed by atoms with Gasteiger partial charge in [-0.2, -0.15) is 0 Å². The van der Waals surface area contributed by atoms with Crippen molar-refractivity contribution in [2.45, 2.75) is 31.2 Å². The first-order valence-electron chi connectivity index (χ1n) is 10.8. The molecule has 1 aliphatic carbocycles. The standard InChI is InChI=1S/C25H26N2O5/c28-23(27-15-6-5-12-22(27)24(29)30)13-7-14-26-25(31)32-16-21-19-10-3-1-8-17(19)18-9-2-4-11-20(18)21/h1-4,7-11,13,21-22H,5-6,12,14-16H2,(H,26,31)(H,29,30)/b13-7+/t22-/m0/s1. The van der Waals surface area contributed by atoms with Crippen LogP contribution in [-0.2, 0) is 14.3 Å². The third-order valence-corrected chi connectivity index (χ3v) is 6.04. The van der Waals surface area contributed by atoms with Gasteiger partial charge in [0.15, 0.2) is 0 Å². The molecule has 2 N–H and O–H groups in total. The van der Waals surface area contributed by atoms with Crippen LogP contribution in [-0.4, -0.2) is 53.7 Å². The fraction of sp³-hybridized carbons (Fsp3) is 0.320. The van der Waals surface area contributed by atoms with E-state index in [9.17, 15) is 19.5 Å². The van der Waals surface area contributed by atoms with Gasteiger partial charge in [0.05, 0.1) is 0 Å². The van der Waals surface area contributed by atoms with Gasteiger partial charge in [-0.15, -0.1) is 0 Å². The predicted molar refractivity (Wildman–Crippen MR) is 119 cm³/mol. The average Bonchev–Trinajstić information content (AvgIpc) is 3.14. The highest BCUT2D eigenvalue weighted by Gasteiger charge is 2.31. The van der Waals surface area contributed by atoms with Gasteiger partial charge < -0.3 is 20.1 Å². The molecule has 1 saturated heterocycles. The molecule has 1 heterocycles. The van der Waals surface area contributed by atoms with Gasteiger partial charge in [0, 0.05) is 25.1 Å². The van der Waals surface area contributed by atoms with Crippen molar-refractivity contribution < 1.29 is 24.2 Å². The van der Waals surface area contributed by atoms with Crippen molar-refractivity contribution in [3.05, 3.63) is 71.8 Å². The van der Waals surface area contributed by atoms with Crippen molar-refractivity contribution in [3.63, 3.8) is 0 Å². The Labute approximate surface area is 186 Å². The Hall–Kier alpha value is -3.61. The average molecular weight is 434 g/mol. The molecule has 7 nitrogen and oxygen atoms in total. The number of alkyl carbamates (subject to hydrolysis) is 1. The number of nitrogens with one attached hydrogen (secondary N) is 1. The molecule has 1 atom stereocenters. The Morgan fingerprint density at radius 2 is 1.69 bits per heavy atom. The number of amides is 2. The molecule has 0 bridgehead atoms. The highest BCUT2D eigenvalue weighted by molar-refractivity contribution is 5.91. The van der Waals surface area contributed by atoms with Crippen LogP contribution in [0.25, 0.3) is 11.1 Å². The topological polar surface area (TPSA) is 95.9 Å². The summed E-state index contributed by atoms with van der Waals surface area (Å²) in [6.45, 7) is 0.768. The first-order chi connectivity index (χ1) is 15.6. The normalized spacial score (nSPS) is 17.6. The SMILES string of the molecule is O=C(NC/C=C/C(=O)N1CCCC[C@H]1C(=O)O)OCC1c2ccccc2-c2ccccc21. The molecule has 7 heteroatoms. The Morgan fingerprint density at radius 3 is 2.34 bits per heavy atom. The lowest BCUT2D eigenvalue weighted by Crippen LogP contribution is -2.47. The van der Waals surface area contributed by atoms with E-state index < -0.39 is 18.1 Å². The van der Waals surface area contributed by atoms with Crippen molar-refractivity contribution in [1.29, 1.82) is 0 Å². The number of hydrogen-bond acceptors (Lipinski definition) is 4. The Kier molecular flexibility index (Phi) is 6.54.